The van der Waals surface area contributed by atoms with Crippen LogP contribution >= 0.6 is 23.8 Å². The standard InChI is InChI=1S/C23H21ClFN5S/c1-16-3-6-18(25)15-21(16)22-27-29(14-13-28(2)19-9-11-26-12-10-19)23(31)30(22)20-7-4-17(24)5-8-20/h3-12,15H,13-14H2,1-2H3. The number of hydrogen-bond acceptors (Lipinski definition) is 4. The zero-order valence-electron chi connectivity index (χ0n) is 17.2. The van der Waals surface area contributed by atoms with Crippen LogP contribution in [-0.2, 0) is 6.54 Å². The predicted octanol–water partition coefficient (Wildman–Crippen LogP) is 5.70. The molecule has 0 saturated heterocycles. The van der Waals surface area contributed by atoms with E-state index in [0.29, 0.717) is 34.3 Å². The van der Waals surface area contributed by atoms with Crippen molar-refractivity contribution in [3.63, 3.8) is 0 Å². The molecule has 0 amide bonds. The van der Waals surface area contributed by atoms with E-state index in [9.17, 15) is 4.39 Å². The molecule has 0 saturated carbocycles. The number of hydrogen-bond donors (Lipinski definition) is 0. The third-order valence-electron chi connectivity index (χ3n) is 5.12. The normalized spacial score (nSPS) is 11.0. The maximum absolute atomic E-state index is 14.1. The van der Waals surface area contributed by atoms with Crippen molar-refractivity contribution in [2.24, 2.45) is 0 Å². The first kappa shape index (κ1) is 21.2. The second kappa shape index (κ2) is 8.99. The lowest BCUT2D eigenvalue weighted by molar-refractivity contribution is 0.601. The molecule has 31 heavy (non-hydrogen) atoms. The van der Waals surface area contributed by atoms with Gasteiger partial charge in [0, 0.05) is 42.3 Å². The molecule has 8 heteroatoms. The van der Waals surface area contributed by atoms with Gasteiger partial charge in [-0.15, -0.1) is 0 Å². The number of benzene rings is 2. The van der Waals surface area contributed by atoms with Crippen molar-refractivity contribution in [1.29, 1.82) is 0 Å². The lowest BCUT2D eigenvalue weighted by atomic mass is 10.1. The third-order valence-corrected chi connectivity index (χ3v) is 5.76. The van der Waals surface area contributed by atoms with Gasteiger partial charge in [0.05, 0.1) is 12.2 Å². The average Bonchev–Trinajstić information content (AvgIpc) is 3.11. The summed E-state index contributed by atoms with van der Waals surface area (Å²) >= 11 is 11.9. The van der Waals surface area contributed by atoms with Crippen molar-refractivity contribution in [2.45, 2.75) is 13.5 Å². The number of aromatic nitrogens is 4. The summed E-state index contributed by atoms with van der Waals surface area (Å²) in [4.78, 5) is 6.17. The molecule has 0 fully saturated rings. The summed E-state index contributed by atoms with van der Waals surface area (Å²) < 4.78 is 18.2. The second-order valence-corrected chi connectivity index (χ2v) is 8.03. The molecule has 0 aliphatic carbocycles. The molecule has 0 atom stereocenters. The molecule has 0 unspecified atom stereocenters. The fourth-order valence-electron chi connectivity index (χ4n) is 3.36. The molecule has 2 aromatic carbocycles. The highest BCUT2D eigenvalue weighted by molar-refractivity contribution is 7.71. The molecule has 0 N–H and O–H groups in total. The molecule has 4 rings (SSSR count). The van der Waals surface area contributed by atoms with Gasteiger partial charge in [-0.1, -0.05) is 17.7 Å². The van der Waals surface area contributed by atoms with Gasteiger partial charge in [-0.25, -0.2) is 9.07 Å². The molecule has 0 aliphatic heterocycles. The van der Waals surface area contributed by atoms with Crippen molar-refractivity contribution < 1.29 is 4.39 Å². The Morgan fingerprint density at radius 1 is 1.06 bits per heavy atom. The lowest BCUT2D eigenvalue weighted by Crippen LogP contribution is -2.23. The van der Waals surface area contributed by atoms with Gasteiger partial charge in [0.15, 0.2) is 5.82 Å². The molecule has 0 bridgehead atoms. The third kappa shape index (κ3) is 4.52. The van der Waals surface area contributed by atoms with Gasteiger partial charge in [0.25, 0.3) is 0 Å². The highest BCUT2D eigenvalue weighted by Gasteiger charge is 2.17. The zero-order valence-corrected chi connectivity index (χ0v) is 18.7. The topological polar surface area (TPSA) is 38.9 Å². The summed E-state index contributed by atoms with van der Waals surface area (Å²) in [6, 6.07) is 15.9. The van der Waals surface area contributed by atoms with Gasteiger partial charge in [0.2, 0.25) is 4.77 Å². The SMILES string of the molecule is Cc1ccc(F)cc1-c1nn(CCN(C)c2ccncc2)c(=S)n1-c1ccc(Cl)cc1. The smallest absolute Gasteiger partial charge is 0.202 e. The minimum Gasteiger partial charge on any atom is -0.373 e. The molecule has 5 nitrogen and oxygen atoms in total. The van der Waals surface area contributed by atoms with E-state index in [1.807, 2.05) is 42.8 Å². The fraction of sp³-hybridized carbons (Fsp3) is 0.174. The Morgan fingerprint density at radius 2 is 1.77 bits per heavy atom. The number of rotatable bonds is 6. The van der Waals surface area contributed by atoms with E-state index in [1.54, 1.807) is 35.3 Å². The summed E-state index contributed by atoms with van der Waals surface area (Å²) in [5.41, 5.74) is 3.49. The lowest BCUT2D eigenvalue weighted by Gasteiger charge is -2.18. The first-order valence-electron chi connectivity index (χ1n) is 9.77. The number of halogens is 2. The van der Waals surface area contributed by atoms with Crippen LogP contribution in [0.15, 0.2) is 67.0 Å². The molecular weight excluding hydrogens is 433 g/mol. The summed E-state index contributed by atoms with van der Waals surface area (Å²) in [6.45, 7) is 3.19. The minimum absolute atomic E-state index is 0.318. The summed E-state index contributed by atoms with van der Waals surface area (Å²) in [5.74, 6) is 0.275. The van der Waals surface area contributed by atoms with Gasteiger partial charge in [-0.2, -0.15) is 5.10 Å². The quantitative estimate of drug-likeness (QED) is 0.351. The van der Waals surface area contributed by atoms with E-state index in [2.05, 4.69) is 9.88 Å². The van der Waals surface area contributed by atoms with Gasteiger partial charge in [-0.05, 0) is 73.2 Å². The van der Waals surface area contributed by atoms with Gasteiger partial charge in [0.1, 0.15) is 5.82 Å². The Labute approximate surface area is 190 Å². The second-order valence-electron chi connectivity index (χ2n) is 7.23. The molecule has 0 spiro atoms. The molecule has 0 radical (unpaired) electrons. The van der Waals surface area contributed by atoms with Crippen LogP contribution in [0.4, 0.5) is 10.1 Å². The molecule has 0 aliphatic rings. The first-order chi connectivity index (χ1) is 14.9. The Balaban J connectivity index is 1.76. The maximum Gasteiger partial charge on any atom is 0.202 e. The van der Waals surface area contributed by atoms with Crippen LogP contribution in [0, 0.1) is 17.5 Å². The van der Waals surface area contributed by atoms with Crippen molar-refractivity contribution >= 4 is 29.5 Å². The molecule has 2 aromatic heterocycles. The van der Waals surface area contributed by atoms with Gasteiger partial charge >= 0.3 is 0 Å². The monoisotopic (exact) mass is 453 g/mol. The van der Waals surface area contributed by atoms with Crippen LogP contribution in [0.5, 0.6) is 0 Å². The van der Waals surface area contributed by atoms with Crippen LogP contribution in [0.1, 0.15) is 5.56 Å². The van der Waals surface area contributed by atoms with E-state index in [0.717, 1.165) is 16.9 Å². The zero-order chi connectivity index (χ0) is 22.0. The van der Waals surface area contributed by atoms with Crippen molar-refractivity contribution in [3.05, 3.63) is 88.2 Å². The number of aryl methyl sites for hydroxylation is 1. The van der Waals surface area contributed by atoms with Crippen molar-refractivity contribution in [1.82, 2.24) is 19.3 Å². The van der Waals surface area contributed by atoms with E-state index in [-0.39, 0.29) is 5.82 Å². The van der Waals surface area contributed by atoms with Crippen LogP contribution in [0.2, 0.25) is 5.02 Å². The summed E-state index contributed by atoms with van der Waals surface area (Å²) in [5, 5.41) is 5.41. The first-order valence-corrected chi connectivity index (χ1v) is 10.6. The molecular formula is C23H21ClFN5S. The van der Waals surface area contributed by atoms with Gasteiger partial charge in [-0.3, -0.25) is 9.55 Å². The summed E-state index contributed by atoms with van der Waals surface area (Å²) in [7, 11) is 2.01. The maximum atomic E-state index is 14.1. The van der Waals surface area contributed by atoms with Crippen LogP contribution in [0.25, 0.3) is 17.1 Å². The van der Waals surface area contributed by atoms with E-state index in [4.69, 9.17) is 28.9 Å². The summed E-state index contributed by atoms with van der Waals surface area (Å²) in [6.07, 6.45) is 3.52. The van der Waals surface area contributed by atoms with Crippen molar-refractivity contribution in [3.8, 4) is 17.1 Å². The van der Waals surface area contributed by atoms with Gasteiger partial charge < -0.3 is 4.90 Å². The van der Waals surface area contributed by atoms with Crippen LogP contribution < -0.4 is 4.90 Å². The van der Waals surface area contributed by atoms with E-state index < -0.39 is 0 Å². The van der Waals surface area contributed by atoms with Crippen LogP contribution in [0.3, 0.4) is 0 Å². The largest absolute Gasteiger partial charge is 0.373 e. The highest BCUT2D eigenvalue weighted by atomic mass is 35.5. The number of likely N-dealkylation sites (N-methyl/N-ethyl adjacent to an activating group) is 1. The highest BCUT2D eigenvalue weighted by Crippen LogP contribution is 2.27. The fourth-order valence-corrected chi connectivity index (χ4v) is 3.81. The Bertz CT molecular complexity index is 1250. The number of anilines is 1. The number of nitrogens with zero attached hydrogens (tertiary/aromatic N) is 5. The minimum atomic E-state index is -0.318. The number of pyridine rings is 1. The molecule has 2 heterocycles. The predicted molar refractivity (Wildman–Crippen MR) is 125 cm³/mol. The Hall–Kier alpha value is -3.03. The van der Waals surface area contributed by atoms with E-state index >= 15 is 0 Å². The van der Waals surface area contributed by atoms with E-state index in [1.165, 1.54) is 12.1 Å². The molecule has 4 aromatic rings. The molecule has 158 valence electrons. The Morgan fingerprint density at radius 3 is 2.48 bits per heavy atom. The average molecular weight is 454 g/mol. The van der Waals surface area contributed by atoms with Crippen LogP contribution in [-0.4, -0.2) is 32.9 Å². The Kier molecular flexibility index (Phi) is 6.15. The van der Waals surface area contributed by atoms with Crippen molar-refractivity contribution in [2.75, 3.05) is 18.5 Å².